The van der Waals surface area contributed by atoms with Crippen LogP contribution in [0.15, 0.2) is 72.8 Å². The summed E-state index contributed by atoms with van der Waals surface area (Å²) in [7, 11) is 0. The number of carbonyl (C=O) groups excluding carboxylic acids is 2. The molecule has 5 heteroatoms. The molecule has 1 aliphatic carbocycles. The van der Waals surface area contributed by atoms with Crippen LogP contribution in [0.2, 0.25) is 0 Å². The van der Waals surface area contributed by atoms with E-state index in [2.05, 4.69) is 35.7 Å². The predicted octanol–water partition coefficient (Wildman–Crippen LogP) is 6.60. The summed E-state index contributed by atoms with van der Waals surface area (Å²) < 4.78 is 5.68. The second-order valence-corrected chi connectivity index (χ2v) is 9.52. The molecule has 0 aromatic heterocycles. The van der Waals surface area contributed by atoms with Crippen molar-refractivity contribution in [2.75, 3.05) is 16.8 Å². The summed E-state index contributed by atoms with van der Waals surface area (Å²) in [6.07, 6.45) is 1.58. The molecule has 1 aliphatic heterocycles. The van der Waals surface area contributed by atoms with Gasteiger partial charge in [-0.15, -0.1) is 0 Å². The van der Waals surface area contributed by atoms with Crippen LogP contribution in [-0.2, 0) is 9.53 Å². The lowest BCUT2D eigenvalue weighted by atomic mass is 9.88. The molecule has 2 aliphatic rings. The molecule has 0 saturated heterocycles. The highest BCUT2D eigenvalue weighted by molar-refractivity contribution is 6.00. The average molecular weight is 453 g/mol. The molecule has 34 heavy (non-hydrogen) atoms. The fraction of sp³-hybridized carbons (Fsp3) is 0.241. The van der Waals surface area contributed by atoms with Crippen LogP contribution in [-0.4, -0.2) is 24.1 Å². The summed E-state index contributed by atoms with van der Waals surface area (Å²) >= 11 is 0. The molecule has 0 unspecified atom stereocenters. The Kier molecular flexibility index (Phi) is 5.28. The van der Waals surface area contributed by atoms with E-state index >= 15 is 0 Å². The van der Waals surface area contributed by atoms with Crippen molar-refractivity contribution in [1.29, 1.82) is 0 Å². The fourth-order valence-electron chi connectivity index (χ4n) is 5.43. The summed E-state index contributed by atoms with van der Waals surface area (Å²) in [5.74, 6) is -0.00883. The van der Waals surface area contributed by atoms with Gasteiger partial charge in [0.2, 0.25) is 5.91 Å². The number of hydrogen-bond acceptors (Lipinski definition) is 3. The first-order valence-electron chi connectivity index (χ1n) is 11.5. The Balaban J connectivity index is 1.33. The maximum atomic E-state index is 12.7. The molecule has 2 amide bonds. The molecule has 1 N–H and O–H groups in total. The number of carbonyl (C=O) groups is 2. The van der Waals surface area contributed by atoms with E-state index in [1.807, 2.05) is 63.2 Å². The van der Waals surface area contributed by atoms with Crippen LogP contribution in [0, 0.1) is 0 Å². The molecule has 0 spiro atoms. The average Bonchev–Trinajstić information content (AvgIpc) is 3.11. The number of nitrogens with zero attached hydrogens (tertiary/aromatic N) is 1. The first-order valence-corrected chi connectivity index (χ1v) is 11.5. The minimum atomic E-state index is -0.497. The number of amides is 2. The standard InChI is InChI=1S/C29H28N2O3/c1-18-16-29(3,4)31(19(2)32)27-14-13-20(15-25(18)27)30-28(33)34-17-26-23-11-7-5-9-21(23)22-10-6-8-12-24(22)26/h5-16,26H,17H2,1-4H3,(H,30,33). The highest BCUT2D eigenvalue weighted by atomic mass is 16.5. The molecule has 1 heterocycles. The summed E-state index contributed by atoms with van der Waals surface area (Å²) in [5.41, 5.74) is 7.80. The Bertz CT molecular complexity index is 1290. The Morgan fingerprint density at radius 3 is 2.18 bits per heavy atom. The van der Waals surface area contributed by atoms with E-state index in [4.69, 9.17) is 4.74 Å². The van der Waals surface area contributed by atoms with Crippen molar-refractivity contribution in [1.82, 2.24) is 0 Å². The maximum absolute atomic E-state index is 12.7. The number of benzene rings is 3. The van der Waals surface area contributed by atoms with Gasteiger partial charge in [0.05, 0.1) is 11.2 Å². The van der Waals surface area contributed by atoms with Crippen LogP contribution in [0.4, 0.5) is 16.2 Å². The molecule has 5 nitrogen and oxygen atoms in total. The summed E-state index contributed by atoms with van der Waals surface area (Å²) in [5, 5.41) is 2.86. The summed E-state index contributed by atoms with van der Waals surface area (Å²) in [6.45, 7) is 7.89. The molecular formula is C29H28N2O3. The normalized spacial score (nSPS) is 15.6. The number of nitrogens with one attached hydrogen (secondary N) is 1. The van der Waals surface area contributed by atoms with Gasteiger partial charge in [-0.25, -0.2) is 4.79 Å². The van der Waals surface area contributed by atoms with Crippen LogP contribution in [0.25, 0.3) is 16.7 Å². The number of allylic oxidation sites excluding steroid dienone is 1. The number of fused-ring (bicyclic) bond motifs is 4. The number of rotatable bonds is 3. The second kappa shape index (κ2) is 8.17. The van der Waals surface area contributed by atoms with E-state index in [-0.39, 0.29) is 18.4 Å². The Hall–Kier alpha value is -3.86. The van der Waals surface area contributed by atoms with E-state index in [0.717, 1.165) is 16.8 Å². The molecule has 5 rings (SSSR count). The van der Waals surface area contributed by atoms with Gasteiger partial charge in [-0.1, -0.05) is 54.6 Å². The van der Waals surface area contributed by atoms with Gasteiger partial charge < -0.3 is 9.64 Å². The maximum Gasteiger partial charge on any atom is 0.411 e. The van der Waals surface area contributed by atoms with Crippen molar-refractivity contribution in [3.63, 3.8) is 0 Å². The molecule has 3 aromatic rings. The van der Waals surface area contributed by atoms with Crippen molar-refractivity contribution in [2.24, 2.45) is 0 Å². The number of anilines is 2. The Morgan fingerprint density at radius 1 is 0.941 bits per heavy atom. The lowest BCUT2D eigenvalue weighted by molar-refractivity contribution is -0.117. The zero-order valence-corrected chi connectivity index (χ0v) is 19.9. The van der Waals surface area contributed by atoms with Gasteiger partial charge in [0.25, 0.3) is 0 Å². The molecule has 0 fully saturated rings. The summed E-state index contributed by atoms with van der Waals surface area (Å²) in [6, 6.07) is 22.1. The van der Waals surface area contributed by atoms with Gasteiger partial charge in [0, 0.05) is 24.1 Å². The number of hydrogen-bond donors (Lipinski definition) is 1. The van der Waals surface area contributed by atoms with Crippen LogP contribution in [0.1, 0.15) is 50.3 Å². The third-order valence-electron chi connectivity index (χ3n) is 6.71. The van der Waals surface area contributed by atoms with E-state index in [1.165, 1.54) is 22.3 Å². The molecule has 3 aromatic carbocycles. The first-order chi connectivity index (χ1) is 16.3. The van der Waals surface area contributed by atoms with Gasteiger partial charge >= 0.3 is 6.09 Å². The van der Waals surface area contributed by atoms with E-state index in [1.54, 1.807) is 11.8 Å². The van der Waals surface area contributed by atoms with Crippen LogP contribution in [0.5, 0.6) is 0 Å². The Labute approximate surface area is 200 Å². The zero-order valence-electron chi connectivity index (χ0n) is 19.9. The SMILES string of the molecule is CC(=O)N1c2ccc(NC(=O)OCC3c4ccccc4-c4ccccc43)cc2C(C)=CC1(C)C. The van der Waals surface area contributed by atoms with Gasteiger partial charge in [0.15, 0.2) is 0 Å². The minimum Gasteiger partial charge on any atom is -0.448 e. The van der Waals surface area contributed by atoms with Crippen LogP contribution in [0.3, 0.4) is 0 Å². The quantitative estimate of drug-likeness (QED) is 0.487. The largest absolute Gasteiger partial charge is 0.448 e. The molecule has 0 atom stereocenters. The van der Waals surface area contributed by atoms with Gasteiger partial charge in [-0.3, -0.25) is 10.1 Å². The van der Waals surface area contributed by atoms with E-state index in [0.29, 0.717) is 5.69 Å². The molecule has 0 radical (unpaired) electrons. The van der Waals surface area contributed by atoms with Crippen molar-refractivity contribution in [2.45, 2.75) is 39.2 Å². The topological polar surface area (TPSA) is 58.6 Å². The highest BCUT2D eigenvalue weighted by Crippen LogP contribution is 2.44. The lowest BCUT2D eigenvalue weighted by Gasteiger charge is -2.41. The van der Waals surface area contributed by atoms with Crippen molar-refractivity contribution < 1.29 is 14.3 Å². The van der Waals surface area contributed by atoms with Gasteiger partial charge in [-0.05, 0) is 66.8 Å². The lowest BCUT2D eigenvalue weighted by Crippen LogP contribution is -2.47. The monoisotopic (exact) mass is 452 g/mol. The zero-order chi connectivity index (χ0) is 24.0. The molecule has 0 saturated carbocycles. The third kappa shape index (κ3) is 3.67. The van der Waals surface area contributed by atoms with Crippen LogP contribution >= 0.6 is 0 Å². The minimum absolute atomic E-state index is 0.0122. The van der Waals surface area contributed by atoms with Crippen molar-refractivity contribution in [3.05, 3.63) is 89.5 Å². The molecular weight excluding hydrogens is 424 g/mol. The van der Waals surface area contributed by atoms with Gasteiger partial charge in [-0.2, -0.15) is 0 Å². The van der Waals surface area contributed by atoms with E-state index in [9.17, 15) is 9.59 Å². The summed E-state index contributed by atoms with van der Waals surface area (Å²) in [4.78, 5) is 26.8. The molecule has 172 valence electrons. The van der Waals surface area contributed by atoms with Crippen LogP contribution < -0.4 is 10.2 Å². The van der Waals surface area contributed by atoms with E-state index < -0.39 is 11.6 Å². The highest BCUT2D eigenvalue weighted by Gasteiger charge is 2.34. The number of ether oxygens (including phenoxy) is 1. The third-order valence-corrected chi connectivity index (χ3v) is 6.71. The second-order valence-electron chi connectivity index (χ2n) is 9.52. The fourth-order valence-corrected chi connectivity index (χ4v) is 5.43. The predicted molar refractivity (Wildman–Crippen MR) is 136 cm³/mol. The first kappa shape index (κ1) is 22.0. The van der Waals surface area contributed by atoms with Crippen molar-refractivity contribution in [3.8, 4) is 11.1 Å². The van der Waals surface area contributed by atoms with Crippen molar-refractivity contribution >= 4 is 28.9 Å². The Morgan fingerprint density at radius 2 is 1.56 bits per heavy atom. The molecule has 0 bridgehead atoms. The smallest absolute Gasteiger partial charge is 0.411 e. The van der Waals surface area contributed by atoms with Gasteiger partial charge in [0.1, 0.15) is 6.61 Å².